The molecule has 0 radical (unpaired) electrons. The largest absolute Gasteiger partial charge is 0.318 e. The van der Waals surface area contributed by atoms with E-state index in [0.717, 1.165) is 30.6 Å². The summed E-state index contributed by atoms with van der Waals surface area (Å²) >= 11 is 0. The van der Waals surface area contributed by atoms with Crippen LogP contribution in [0.5, 0.6) is 0 Å². The molecule has 0 unspecified atom stereocenters. The minimum atomic E-state index is 0.0422. The average molecular weight is 331 g/mol. The lowest BCUT2D eigenvalue weighted by Gasteiger charge is -2.15. The fraction of sp³-hybridized carbons (Fsp3) is 0.238. The van der Waals surface area contributed by atoms with Crippen LogP contribution < -0.4 is 0 Å². The number of aromatic nitrogens is 2. The zero-order chi connectivity index (χ0) is 17.2. The Kier molecular flexibility index (Phi) is 4.10. The Morgan fingerprint density at radius 3 is 2.36 bits per heavy atom. The predicted molar refractivity (Wildman–Crippen MR) is 99.0 cm³/mol. The highest BCUT2D eigenvalue weighted by molar-refractivity contribution is 5.93. The SMILES string of the molecule is CCCCN1Cn2c(-c3ccc(-c4ccccc4)cc3)cnc2C1=O. The van der Waals surface area contributed by atoms with Crippen molar-refractivity contribution in [2.45, 2.75) is 26.4 Å². The van der Waals surface area contributed by atoms with Gasteiger partial charge in [0.1, 0.15) is 0 Å². The Hall–Kier alpha value is -2.88. The Labute approximate surface area is 147 Å². The Morgan fingerprint density at radius 2 is 1.64 bits per heavy atom. The molecule has 0 bridgehead atoms. The molecule has 126 valence electrons. The third kappa shape index (κ3) is 2.84. The Morgan fingerprint density at radius 1 is 0.960 bits per heavy atom. The van der Waals surface area contributed by atoms with E-state index in [9.17, 15) is 4.79 Å². The van der Waals surface area contributed by atoms with Crippen LogP contribution >= 0.6 is 0 Å². The summed E-state index contributed by atoms with van der Waals surface area (Å²) in [6.07, 6.45) is 3.92. The number of carbonyl (C=O) groups is 1. The summed E-state index contributed by atoms with van der Waals surface area (Å²) in [4.78, 5) is 18.7. The molecule has 1 aromatic heterocycles. The molecule has 3 aromatic rings. The molecule has 0 N–H and O–H groups in total. The summed E-state index contributed by atoms with van der Waals surface area (Å²) < 4.78 is 2.02. The fourth-order valence-electron chi connectivity index (χ4n) is 3.28. The van der Waals surface area contributed by atoms with Crippen LogP contribution in [0.4, 0.5) is 0 Å². The van der Waals surface area contributed by atoms with E-state index in [-0.39, 0.29) is 5.91 Å². The number of nitrogens with zero attached hydrogens (tertiary/aromatic N) is 3. The van der Waals surface area contributed by atoms with Crippen molar-refractivity contribution in [2.24, 2.45) is 0 Å². The van der Waals surface area contributed by atoms with Crippen molar-refractivity contribution in [3.63, 3.8) is 0 Å². The molecular formula is C21H21N3O. The van der Waals surface area contributed by atoms with Crippen molar-refractivity contribution in [3.8, 4) is 22.4 Å². The standard InChI is InChI=1S/C21H21N3O/c1-2-3-13-23-15-24-19(14-22-20(24)21(23)25)18-11-9-17(10-12-18)16-7-5-4-6-8-16/h4-12,14H,2-3,13,15H2,1H3. The van der Waals surface area contributed by atoms with E-state index in [0.29, 0.717) is 12.5 Å². The number of amides is 1. The second-order valence-corrected chi connectivity index (χ2v) is 6.40. The summed E-state index contributed by atoms with van der Waals surface area (Å²) in [5.41, 5.74) is 4.48. The highest BCUT2D eigenvalue weighted by Gasteiger charge is 2.30. The van der Waals surface area contributed by atoms with Crippen LogP contribution in [0.1, 0.15) is 30.4 Å². The van der Waals surface area contributed by atoms with Crippen LogP contribution in [0.2, 0.25) is 0 Å². The highest BCUT2D eigenvalue weighted by atomic mass is 16.2. The zero-order valence-electron chi connectivity index (χ0n) is 14.4. The van der Waals surface area contributed by atoms with Gasteiger partial charge in [0.25, 0.3) is 5.91 Å². The summed E-state index contributed by atoms with van der Waals surface area (Å²) in [5.74, 6) is 0.596. The topological polar surface area (TPSA) is 38.1 Å². The van der Waals surface area contributed by atoms with Crippen LogP contribution in [0, 0.1) is 0 Å². The molecule has 1 amide bonds. The van der Waals surface area contributed by atoms with Gasteiger partial charge in [-0.3, -0.25) is 4.79 Å². The lowest BCUT2D eigenvalue weighted by molar-refractivity contribution is 0.0764. The van der Waals surface area contributed by atoms with Gasteiger partial charge in [0.05, 0.1) is 18.6 Å². The monoisotopic (exact) mass is 331 g/mol. The number of rotatable bonds is 5. The van der Waals surface area contributed by atoms with E-state index in [1.54, 1.807) is 0 Å². The lowest BCUT2D eigenvalue weighted by Crippen LogP contribution is -2.25. The van der Waals surface area contributed by atoms with Crippen molar-refractivity contribution >= 4 is 5.91 Å². The van der Waals surface area contributed by atoms with E-state index in [1.165, 1.54) is 11.1 Å². The number of fused-ring (bicyclic) bond motifs is 1. The smallest absolute Gasteiger partial charge is 0.291 e. The second kappa shape index (κ2) is 6.55. The van der Waals surface area contributed by atoms with E-state index in [1.807, 2.05) is 33.9 Å². The lowest BCUT2D eigenvalue weighted by atomic mass is 10.0. The van der Waals surface area contributed by atoms with Crippen LogP contribution in [0.25, 0.3) is 22.4 Å². The maximum Gasteiger partial charge on any atom is 0.291 e. The van der Waals surface area contributed by atoms with Gasteiger partial charge in [-0.1, -0.05) is 67.9 Å². The quantitative estimate of drug-likeness (QED) is 0.693. The summed E-state index contributed by atoms with van der Waals surface area (Å²) in [5, 5.41) is 0. The summed E-state index contributed by atoms with van der Waals surface area (Å²) in [6, 6.07) is 18.8. The van der Waals surface area contributed by atoms with Crippen LogP contribution in [0.3, 0.4) is 0 Å². The summed E-state index contributed by atoms with van der Waals surface area (Å²) in [6.45, 7) is 3.54. The molecule has 0 fully saturated rings. The molecule has 0 atom stereocenters. The molecule has 4 nitrogen and oxygen atoms in total. The normalized spacial score (nSPS) is 13.3. The molecule has 2 aromatic carbocycles. The number of benzene rings is 2. The van der Waals surface area contributed by atoms with Crippen molar-refractivity contribution < 1.29 is 4.79 Å². The van der Waals surface area contributed by atoms with Crippen molar-refractivity contribution in [2.75, 3.05) is 6.54 Å². The first-order chi connectivity index (χ1) is 12.3. The second-order valence-electron chi connectivity index (χ2n) is 6.40. The van der Waals surface area contributed by atoms with Crippen LogP contribution in [-0.2, 0) is 6.67 Å². The molecule has 0 aliphatic carbocycles. The number of hydrogen-bond acceptors (Lipinski definition) is 2. The van der Waals surface area contributed by atoms with Crippen LogP contribution in [0.15, 0.2) is 60.8 Å². The Bertz CT molecular complexity index is 881. The molecule has 4 heteroatoms. The number of hydrogen-bond donors (Lipinski definition) is 0. The van der Waals surface area contributed by atoms with Gasteiger partial charge in [-0.25, -0.2) is 4.98 Å². The van der Waals surface area contributed by atoms with Gasteiger partial charge < -0.3 is 9.47 Å². The maximum atomic E-state index is 12.4. The van der Waals surface area contributed by atoms with Gasteiger partial charge in [-0.05, 0) is 23.1 Å². The Balaban J connectivity index is 1.61. The first-order valence-corrected chi connectivity index (χ1v) is 8.78. The first kappa shape index (κ1) is 15.6. The van der Waals surface area contributed by atoms with Gasteiger partial charge in [-0.15, -0.1) is 0 Å². The van der Waals surface area contributed by atoms with E-state index in [2.05, 4.69) is 48.3 Å². The van der Waals surface area contributed by atoms with Crippen molar-refractivity contribution in [1.82, 2.24) is 14.5 Å². The molecule has 25 heavy (non-hydrogen) atoms. The minimum absolute atomic E-state index is 0.0422. The summed E-state index contributed by atoms with van der Waals surface area (Å²) in [7, 11) is 0. The highest BCUT2D eigenvalue weighted by Crippen LogP contribution is 2.28. The molecule has 0 saturated carbocycles. The number of unbranched alkanes of at least 4 members (excludes halogenated alkanes) is 1. The molecule has 0 spiro atoms. The minimum Gasteiger partial charge on any atom is -0.318 e. The molecule has 1 aliphatic heterocycles. The fourth-order valence-corrected chi connectivity index (χ4v) is 3.28. The third-order valence-electron chi connectivity index (χ3n) is 4.72. The van der Waals surface area contributed by atoms with Gasteiger partial charge in [-0.2, -0.15) is 0 Å². The van der Waals surface area contributed by atoms with E-state index < -0.39 is 0 Å². The van der Waals surface area contributed by atoms with Gasteiger partial charge in [0, 0.05) is 6.54 Å². The van der Waals surface area contributed by atoms with E-state index in [4.69, 9.17) is 0 Å². The predicted octanol–water partition coefficient (Wildman–Crippen LogP) is 4.43. The number of carbonyl (C=O) groups excluding carboxylic acids is 1. The molecule has 4 rings (SSSR count). The molecule has 1 aliphatic rings. The van der Waals surface area contributed by atoms with Crippen LogP contribution in [-0.4, -0.2) is 26.9 Å². The van der Waals surface area contributed by atoms with Gasteiger partial charge >= 0.3 is 0 Å². The molecular weight excluding hydrogens is 310 g/mol. The number of imidazole rings is 1. The third-order valence-corrected chi connectivity index (χ3v) is 4.72. The van der Waals surface area contributed by atoms with Gasteiger partial charge in [0.15, 0.2) is 0 Å². The zero-order valence-corrected chi connectivity index (χ0v) is 14.4. The van der Waals surface area contributed by atoms with Crippen molar-refractivity contribution in [3.05, 3.63) is 66.6 Å². The molecule has 2 heterocycles. The average Bonchev–Trinajstić information content (AvgIpc) is 3.21. The van der Waals surface area contributed by atoms with E-state index >= 15 is 0 Å². The van der Waals surface area contributed by atoms with Gasteiger partial charge in [0.2, 0.25) is 5.82 Å². The molecule has 0 saturated heterocycles. The van der Waals surface area contributed by atoms with Crippen molar-refractivity contribution in [1.29, 1.82) is 0 Å². The maximum absolute atomic E-state index is 12.4. The first-order valence-electron chi connectivity index (χ1n) is 8.78.